The third-order valence-electron chi connectivity index (χ3n) is 2.82. The number of carbonyl (C=O) groups excluding carboxylic acids is 1. The van der Waals surface area contributed by atoms with Crippen LogP contribution in [0.25, 0.3) is 0 Å². The lowest BCUT2D eigenvalue weighted by atomic mass is 10.2. The molecule has 1 aromatic heterocycles. The zero-order chi connectivity index (χ0) is 15.4. The zero-order valence-electron chi connectivity index (χ0n) is 12.0. The number of esters is 1. The van der Waals surface area contributed by atoms with Crippen LogP contribution >= 0.6 is 0 Å². The molecule has 7 nitrogen and oxygen atoms in total. The number of aryl methyl sites for hydroxylation is 1. The first-order valence-electron chi connectivity index (χ1n) is 6.36. The molecule has 0 aliphatic heterocycles. The highest BCUT2D eigenvalue weighted by molar-refractivity contribution is 5.74. The normalized spacial score (nSPS) is 12.2. The van der Waals surface area contributed by atoms with Crippen LogP contribution in [0.4, 0.5) is 5.69 Å². The summed E-state index contributed by atoms with van der Waals surface area (Å²) in [6, 6.07) is 1.74. The first kappa shape index (κ1) is 15.9. The third kappa shape index (κ3) is 3.23. The maximum Gasteiger partial charge on any atom is 0.334 e. The summed E-state index contributed by atoms with van der Waals surface area (Å²) in [6.45, 7) is 6.74. The van der Waals surface area contributed by atoms with E-state index in [9.17, 15) is 19.7 Å². The van der Waals surface area contributed by atoms with E-state index in [0.29, 0.717) is 12.1 Å². The van der Waals surface area contributed by atoms with Crippen molar-refractivity contribution in [3.63, 3.8) is 0 Å². The molecule has 0 bridgehead atoms. The summed E-state index contributed by atoms with van der Waals surface area (Å²) in [5, 5.41) is 10.8. The molecular formula is C13H18N2O5. The number of rotatable bonds is 5. The minimum absolute atomic E-state index is 0.313. The maximum atomic E-state index is 12.1. The number of pyridine rings is 1. The fourth-order valence-corrected chi connectivity index (χ4v) is 1.93. The molecule has 110 valence electrons. The summed E-state index contributed by atoms with van der Waals surface area (Å²) in [4.78, 5) is 34.2. The van der Waals surface area contributed by atoms with Crippen LogP contribution in [0, 0.1) is 17.0 Å². The Hall–Kier alpha value is -2.18. The topological polar surface area (TPSA) is 91.4 Å². The number of nitrogens with zero attached hydrogens (tertiary/aromatic N) is 2. The Bertz CT molecular complexity index is 577. The highest BCUT2D eigenvalue weighted by atomic mass is 16.6. The number of hydrogen-bond donors (Lipinski definition) is 0. The van der Waals surface area contributed by atoms with Gasteiger partial charge < -0.3 is 4.74 Å². The second-order valence-electron chi connectivity index (χ2n) is 4.70. The molecule has 1 atom stereocenters. The van der Waals surface area contributed by atoms with Crippen molar-refractivity contribution in [2.45, 2.75) is 46.3 Å². The van der Waals surface area contributed by atoms with Crippen molar-refractivity contribution in [3.8, 4) is 0 Å². The molecule has 20 heavy (non-hydrogen) atoms. The highest BCUT2D eigenvalue weighted by Crippen LogP contribution is 2.17. The number of nitro groups is 1. The van der Waals surface area contributed by atoms with Gasteiger partial charge >= 0.3 is 17.2 Å². The lowest BCUT2D eigenvalue weighted by Crippen LogP contribution is -2.34. The molecule has 1 heterocycles. The van der Waals surface area contributed by atoms with Crippen molar-refractivity contribution in [1.29, 1.82) is 0 Å². The first-order chi connectivity index (χ1) is 9.29. The SMILES string of the molecule is CCC(C(=O)OC(C)C)n1c(C)ccc([N+](=O)[O-])c1=O. The van der Waals surface area contributed by atoms with Crippen molar-refractivity contribution in [3.05, 3.63) is 38.3 Å². The molecule has 0 amide bonds. The monoisotopic (exact) mass is 282 g/mol. The van der Waals surface area contributed by atoms with Gasteiger partial charge in [-0.2, -0.15) is 0 Å². The molecule has 0 spiro atoms. The quantitative estimate of drug-likeness (QED) is 0.467. The van der Waals surface area contributed by atoms with Crippen molar-refractivity contribution in [2.75, 3.05) is 0 Å². The average molecular weight is 282 g/mol. The van der Waals surface area contributed by atoms with Crippen LogP contribution in [0.2, 0.25) is 0 Å². The maximum absolute atomic E-state index is 12.1. The van der Waals surface area contributed by atoms with Gasteiger partial charge in [0.25, 0.3) is 0 Å². The van der Waals surface area contributed by atoms with E-state index in [2.05, 4.69) is 0 Å². The Morgan fingerprint density at radius 3 is 2.50 bits per heavy atom. The first-order valence-corrected chi connectivity index (χ1v) is 6.36. The van der Waals surface area contributed by atoms with Crippen LogP contribution in [0.3, 0.4) is 0 Å². The van der Waals surface area contributed by atoms with Gasteiger partial charge in [0, 0.05) is 11.8 Å². The number of ether oxygens (including phenoxy) is 1. The van der Waals surface area contributed by atoms with Gasteiger partial charge in [0.1, 0.15) is 6.04 Å². The van der Waals surface area contributed by atoms with Crippen molar-refractivity contribution >= 4 is 11.7 Å². The summed E-state index contributed by atoms with van der Waals surface area (Å²) in [7, 11) is 0. The second kappa shape index (κ2) is 6.31. The van der Waals surface area contributed by atoms with E-state index >= 15 is 0 Å². The van der Waals surface area contributed by atoms with E-state index in [0.717, 1.165) is 10.6 Å². The number of hydrogen-bond acceptors (Lipinski definition) is 5. The predicted octanol–water partition coefficient (Wildman–Crippen LogP) is 1.97. The second-order valence-corrected chi connectivity index (χ2v) is 4.70. The Morgan fingerprint density at radius 1 is 1.45 bits per heavy atom. The standard InChI is InChI=1S/C13H18N2O5/c1-5-10(13(17)20-8(2)3)14-9(4)6-7-11(12(14)16)15(18)19/h6-8,10H,5H2,1-4H3. The van der Waals surface area contributed by atoms with Gasteiger partial charge in [-0.15, -0.1) is 0 Å². The van der Waals surface area contributed by atoms with Crippen LogP contribution in [0.1, 0.15) is 38.9 Å². The van der Waals surface area contributed by atoms with Gasteiger partial charge in [0.05, 0.1) is 11.0 Å². The molecule has 1 unspecified atom stereocenters. The summed E-state index contributed by atoms with van der Waals surface area (Å²) in [5.41, 5.74) is -0.859. The van der Waals surface area contributed by atoms with E-state index in [1.165, 1.54) is 6.07 Å². The van der Waals surface area contributed by atoms with Gasteiger partial charge in [0.15, 0.2) is 0 Å². The van der Waals surface area contributed by atoms with Crippen LogP contribution in [0.5, 0.6) is 0 Å². The van der Waals surface area contributed by atoms with Crippen molar-refractivity contribution < 1.29 is 14.5 Å². The fourth-order valence-electron chi connectivity index (χ4n) is 1.93. The zero-order valence-corrected chi connectivity index (χ0v) is 12.0. The average Bonchev–Trinajstić information content (AvgIpc) is 2.32. The molecular weight excluding hydrogens is 264 g/mol. The van der Waals surface area contributed by atoms with E-state index in [1.54, 1.807) is 27.7 Å². The van der Waals surface area contributed by atoms with Crippen LogP contribution in [-0.2, 0) is 9.53 Å². The Morgan fingerprint density at radius 2 is 2.05 bits per heavy atom. The summed E-state index contributed by atoms with van der Waals surface area (Å²) >= 11 is 0. The molecule has 1 rings (SSSR count). The van der Waals surface area contributed by atoms with E-state index in [1.807, 2.05) is 0 Å². The minimum atomic E-state index is -0.857. The van der Waals surface area contributed by atoms with E-state index in [-0.39, 0.29) is 6.10 Å². The van der Waals surface area contributed by atoms with E-state index in [4.69, 9.17) is 4.74 Å². The van der Waals surface area contributed by atoms with Crippen LogP contribution in [-0.4, -0.2) is 21.6 Å². The molecule has 0 aromatic carbocycles. The van der Waals surface area contributed by atoms with Gasteiger partial charge in [-0.3, -0.25) is 19.5 Å². The Kier molecular flexibility index (Phi) is 5.01. The lowest BCUT2D eigenvalue weighted by Gasteiger charge is -2.20. The smallest absolute Gasteiger partial charge is 0.334 e. The Labute approximate surface area is 116 Å². The van der Waals surface area contributed by atoms with Crippen LogP contribution in [0.15, 0.2) is 16.9 Å². The lowest BCUT2D eigenvalue weighted by molar-refractivity contribution is -0.386. The molecule has 0 aliphatic carbocycles. The number of carbonyl (C=O) groups is 1. The molecule has 0 radical (unpaired) electrons. The number of aromatic nitrogens is 1. The molecule has 7 heteroatoms. The molecule has 0 aliphatic rings. The largest absolute Gasteiger partial charge is 0.461 e. The minimum Gasteiger partial charge on any atom is -0.461 e. The summed E-state index contributed by atoms with van der Waals surface area (Å²) in [5.74, 6) is -0.562. The Balaban J connectivity index is 3.35. The fraction of sp³-hybridized carbons (Fsp3) is 0.538. The molecule has 0 saturated carbocycles. The molecule has 0 fully saturated rings. The van der Waals surface area contributed by atoms with E-state index < -0.39 is 28.2 Å². The van der Waals surface area contributed by atoms with Crippen molar-refractivity contribution in [2.24, 2.45) is 0 Å². The molecule has 0 saturated heterocycles. The van der Waals surface area contributed by atoms with Crippen LogP contribution < -0.4 is 5.56 Å². The molecule has 1 aromatic rings. The highest BCUT2D eigenvalue weighted by Gasteiger charge is 2.27. The summed E-state index contributed by atoms with van der Waals surface area (Å²) in [6.07, 6.45) is -0.000688. The third-order valence-corrected chi connectivity index (χ3v) is 2.82. The predicted molar refractivity (Wildman–Crippen MR) is 72.6 cm³/mol. The van der Waals surface area contributed by atoms with Gasteiger partial charge in [0.2, 0.25) is 0 Å². The summed E-state index contributed by atoms with van der Waals surface area (Å²) < 4.78 is 6.23. The van der Waals surface area contributed by atoms with Gasteiger partial charge in [-0.05, 0) is 33.3 Å². The van der Waals surface area contributed by atoms with Gasteiger partial charge in [-0.25, -0.2) is 4.79 Å². The van der Waals surface area contributed by atoms with Crippen molar-refractivity contribution in [1.82, 2.24) is 4.57 Å². The van der Waals surface area contributed by atoms with Gasteiger partial charge in [-0.1, -0.05) is 6.92 Å². The molecule has 0 N–H and O–H groups in total.